The largest absolute Gasteiger partial charge is 0.311 e. The first-order chi connectivity index (χ1) is 9.99. The molecule has 4 aliphatic rings. The predicted octanol–water partition coefficient (Wildman–Crippen LogP) is 4.57. The van der Waals surface area contributed by atoms with Gasteiger partial charge in [-0.05, 0) is 73.8 Å². The fraction of sp³-hybridized carbons (Fsp3) is 0.700. The Morgan fingerprint density at radius 1 is 0.952 bits per heavy atom. The first-order valence-electron chi connectivity index (χ1n) is 8.77. The van der Waals surface area contributed by atoms with Crippen molar-refractivity contribution in [1.29, 1.82) is 0 Å². The summed E-state index contributed by atoms with van der Waals surface area (Å²) >= 11 is 0. The molecule has 114 valence electrons. The summed E-state index contributed by atoms with van der Waals surface area (Å²) in [4.78, 5) is 0. The Morgan fingerprint density at radius 2 is 1.62 bits per heavy atom. The van der Waals surface area contributed by atoms with Crippen LogP contribution in [-0.2, 0) is 6.42 Å². The Bertz CT molecular complexity index is 502. The van der Waals surface area contributed by atoms with Gasteiger partial charge in [0, 0.05) is 5.54 Å². The summed E-state index contributed by atoms with van der Waals surface area (Å²) in [7, 11) is 0. The lowest BCUT2D eigenvalue weighted by atomic mass is 9.43. The SMILES string of the molecule is C[C@]12CC3CC(NCCc4ccccc4)(C1)C[C@@](C)(C3)C2. The van der Waals surface area contributed by atoms with E-state index < -0.39 is 0 Å². The van der Waals surface area contributed by atoms with Gasteiger partial charge >= 0.3 is 0 Å². The van der Waals surface area contributed by atoms with Crippen LogP contribution in [0.15, 0.2) is 30.3 Å². The van der Waals surface area contributed by atoms with Crippen LogP contribution in [0.3, 0.4) is 0 Å². The van der Waals surface area contributed by atoms with E-state index in [9.17, 15) is 0 Å². The highest BCUT2D eigenvalue weighted by Crippen LogP contribution is 2.66. The molecule has 4 bridgehead atoms. The van der Waals surface area contributed by atoms with Gasteiger partial charge in [-0.15, -0.1) is 0 Å². The quantitative estimate of drug-likeness (QED) is 0.853. The van der Waals surface area contributed by atoms with Gasteiger partial charge in [0.2, 0.25) is 0 Å². The molecule has 4 aliphatic carbocycles. The summed E-state index contributed by atoms with van der Waals surface area (Å²) in [5, 5.41) is 4.03. The molecule has 2 unspecified atom stereocenters. The molecule has 0 spiro atoms. The first kappa shape index (κ1) is 13.8. The maximum absolute atomic E-state index is 4.03. The first-order valence-corrected chi connectivity index (χ1v) is 8.77. The number of hydrogen-bond acceptors (Lipinski definition) is 1. The molecule has 0 aliphatic heterocycles. The van der Waals surface area contributed by atoms with Crippen LogP contribution in [0.1, 0.15) is 57.9 Å². The molecular weight excluding hydrogens is 254 g/mol. The monoisotopic (exact) mass is 283 g/mol. The molecule has 0 amide bonds. The Morgan fingerprint density at radius 3 is 2.24 bits per heavy atom. The van der Waals surface area contributed by atoms with Gasteiger partial charge in [0.25, 0.3) is 0 Å². The third-order valence-electron chi connectivity index (χ3n) is 6.38. The molecule has 21 heavy (non-hydrogen) atoms. The highest BCUT2D eigenvalue weighted by molar-refractivity contribution is 5.17. The zero-order valence-electron chi connectivity index (χ0n) is 13.6. The van der Waals surface area contributed by atoms with Gasteiger partial charge in [-0.3, -0.25) is 0 Å². The molecule has 4 fully saturated rings. The van der Waals surface area contributed by atoms with Gasteiger partial charge in [0.1, 0.15) is 0 Å². The summed E-state index contributed by atoms with van der Waals surface area (Å²) in [6.45, 7) is 6.26. The highest BCUT2D eigenvalue weighted by atomic mass is 15.0. The lowest BCUT2D eigenvalue weighted by Gasteiger charge is -2.65. The van der Waals surface area contributed by atoms with Crippen molar-refractivity contribution in [3.8, 4) is 0 Å². The van der Waals surface area contributed by atoms with Gasteiger partial charge in [0.05, 0.1) is 0 Å². The van der Waals surface area contributed by atoms with Gasteiger partial charge in [0.15, 0.2) is 0 Å². The summed E-state index contributed by atoms with van der Waals surface area (Å²) in [6, 6.07) is 10.9. The number of nitrogens with one attached hydrogen (secondary N) is 1. The van der Waals surface area contributed by atoms with Gasteiger partial charge in [-0.25, -0.2) is 0 Å². The lowest BCUT2D eigenvalue weighted by molar-refractivity contribution is -0.117. The van der Waals surface area contributed by atoms with Crippen LogP contribution >= 0.6 is 0 Å². The Labute approximate surface area is 129 Å². The van der Waals surface area contributed by atoms with Crippen molar-refractivity contribution in [2.24, 2.45) is 16.7 Å². The molecule has 4 saturated carbocycles. The molecule has 1 N–H and O–H groups in total. The molecule has 5 rings (SSSR count). The zero-order valence-corrected chi connectivity index (χ0v) is 13.6. The molecule has 0 saturated heterocycles. The van der Waals surface area contributed by atoms with Crippen molar-refractivity contribution in [2.45, 2.75) is 64.3 Å². The maximum atomic E-state index is 4.03. The van der Waals surface area contributed by atoms with E-state index in [1.54, 1.807) is 0 Å². The average Bonchev–Trinajstić information content (AvgIpc) is 2.35. The van der Waals surface area contributed by atoms with E-state index in [0.29, 0.717) is 16.4 Å². The van der Waals surface area contributed by atoms with E-state index in [1.165, 1.54) is 50.5 Å². The van der Waals surface area contributed by atoms with Crippen LogP contribution in [0, 0.1) is 16.7 Å². The number of rotatable bonds is 4. The van der Waals surface area contributed by atoms with Crippen LogP contribution in [0.2, 0.25) is 0 Å². The Hall–Kier alpha value is -0.820. The van der Waals surface area contributed by atoms with Gasteiger partial charge < -0.3 is 5.32 Å². The van der Waals surface area contributed by atoms with Crippen molar-refractivity contribution in [3.63, 3.8) is 0 Å². The molecule has 1 heteroatoms. The van der Waals surface area contributed by atoms with Crippen LogP contribution in [-0.4, -0.2) is 12.1 Å². The molecule has 1 aromatic rings. The average molecular weight is 283 g/mol. The molecule has 1 aromatic carbocycles. The van der Waals surface area contributed by atoms with E-state index >= 15 is 0 Å². The van der Waals surface area contributed by atoms with Crippen molar-refractivity contribution < 1.29 is 0 Å². The van der Waals surface area contributed by atoms with E-state index in [4.69, 9.17) is 0 Å². The second kappa shape index (κ2) is 4.59. The van der Waals surface area contributed by atoms with Gasteiger partial charge in [-0.2, -0.15) is 0 Å². The lowest BCUT2D eigenvalue weighted by Crippen LogP contribution is -2.64. The third-order valence-corrected chi connectivity index (χ3v) is 6.38. The standard InChI is InChI=1S/C20H29N/c1-18-10-17-11-19(2,13-18)15-20(12-17,14-18)21-9-8-16-6-4-3-5-7-16/h3-7,17,21H,8-15H2,1-2H3/t17?,18-,19+,20?. The molecule has 0 radical (unpaired) electrons. The van der Waals surface area contributed by atoms with Crippen molar-refractivity contribution in [1.82, 2.24) is 5.32 Å². The van der Waals surface area contributed by atoms with Crippen LogP contribution in [0.25, 0.3) is 0 Å². The molecule has 0 aromatic heterocycles. The Kier molecular flexibility index (Phi) is 3.02. The smallest absolute Gasteiger partial charge is 0.0194 e. The van der Waals surface area contributed by atoms with Crippen molar-refractivity contribution in [2.75, 3.05) is 6.54 Å². The van der Waals surface area contributed by atoms with Crippen molar-refractivity contribution in [3.05, 3.63) is 35.9 Å². The molecule has 1 nitrogen and oxygen atoms in total. The van der Waals surface area contributed by atoms with Crippen molar-refractivity contribution >= 4 is 0 Å². The second-order valence-corrected chi connectivity index (χ2v) is 9.07. The minimum Gasteiger partial charge on any atom is -0.311 e. The topological polar surface area (TPSA) is 12.0 Å². The van der Waals surface area contributed by atoms with Crippen LogP contribution in [0.4, 0.5) is 0 Å². The normalized spacial score (nSPS) is 44.2. The highest BCUT2D eigenvalue weighted by Gasteiger charge is 2.59. The zero-order chi connectivity index (χ0) is 14.6. The molecular formula is C20H29N. The summed E-state index contributed by atoms with van der Waals surface area (Å²) in [5.74, 6) is 0.987. The minimum atomic E-state index is 0.456. The van der Waals surface area contributed by atoms with E-state index in [-0.39, 0.29) is 0 Å². The summed E-state index contributed by atoms with van der Waals surface area (Å²) in [6.07, 6.45) is 9.89. The van der Waals surface area contributed by atoms with E-state index in [1.807, 2.05) is 0 Å². The number of hydrogen-bond donors (Lipinski definition) is 1. The number of benzene rings is 1. The maximum Gasteiger partial charge on any atom is 0.0194 e. The van der Waals surface area contributed by atoms with Crippen LogP contribution < -0.4 is 5.32 Å². The van der Waals surface area contributed by atoms with E-state index in [0.717, 1.165) is 12.5 Å². The molecule has 4 atom stereocenters. The summed E-state index contributed by atoms with van der Waals surface area (Å²) in [5.41, 5.74) is 3.16. The fourth-order valence-electron chi connectivity index (χ4n) is 6.76. The molecule has 0 heterocycles. The van der Waals surface area contributed by atoms with E-state index in [2.05, 4.69) is 49.5 Å². The Balaban J connectivity index is 1.45. The van der Waals surface area contributed by atoms with Crippen LogP contribution in [0.5, 0.6) is 0 Å². The summed E-state index contributed by atoms with van der Waals surface area (Å²) < 4.78 is 0. The van der Waals surface area contributed by atoms with Gasteiger partial charge in [-0.1, -0.05) is 44.2 Å². The fourth-order valence-corrected chi connectivity index (χ4v) is 6.76. The third kappa shape index (κ3) is 2.54. The second-order valence-electron chi connectivity index (χ2n) is 9.07. The predicted molar refractivity (Wildman–Crippen MR) is 88.3 cm³/mol. The minimum absolute atomic E-state index is 0.456.